The van der Waals surface area contributed by atoms with Gasteiger partial charge >= 0.3 is 6.18 Å². The summed E-state index contributed by atoms with van der Waals surface area (Å²) in [5.74, 6) is 0. The van der Waals surface area contributed by atoms with Gasteiger partial charge < -0.3 is 5.73 Å². The molecule has 1 saturated heterocycles. The molecule has 4 nitrogen and oxygen atoms in total. The minimum absolute atomic E-state index is 0.144. The highest BCUT2D eigenvalue weighted by atomic mass is 32.2. The van der Waals surface area contributed by atoms with E-state index < -0.39 is 21.8 Å². The van der Waals surface area contributed by atoms with E-state index in [-0.39, 0.29) is 17.5 Å². The van der Waals surface area contributed by atoms with Crippen molar-refractivity contribution in [2.24, 2.45) is 5.73 Å². The Hall–Kier alpha value is -1.12. The van der Waals surface area contributed by atoms with Crippen LogP contribution in [0.3, 0.4) is 0 Å². The van der Waals surface area contributed by atoms with Gasteiger partial charge in [0, 0.05) is 19.1 Å². The van der Waals surface area contributed by atoms with E-state index in [2.05, 4.69) is 0 Å². The first kappa shape index (κ1) is 14.3. The monoisotopic (exact) mass is 294 g/mol. The van der Waals surface area contributed by atoms with E-state index in [4.69, 9.17) is 5.73 Å². The summed E-state index contributed by atoms with van der Waals surface area (Å²) in [4.78, 5) is -0.144. The Morgan fingerprint density at radius 1 is 1.21 bits per heavy atom. The van der Waals surface area contributed by atoms with E-state index >= 15 is 0 Å². The highest BCUT2D eigenvalue weighted by Gasteiger charge is 2.33. The molecule has 1 heterocycles. The van der Waals surface area contributed by atoms with Crippen LogP contribution in [0.1, 0.15) is 12.0 Å². The summed E-state index contributed by atoms with van der Waals surface area (Å²) in [6.07, 6.45) is -3.92. The number of hydrogen-bond donors (Lipinski definition) is 1. The summed E-state index contributed by atoms with van der Waals surface area (Å²) < 4.78 is 62.6. The van der Waals surface area contributed by atoms with Gasteiger partial charge in [-0.25, -0.2) is 8.42 Å². The minimum atomic E-state index is -4.47. The van der Waals surface area contributed by atoms with Crippen LogP contribution in [0.4, 0.5) is 13.2 Å². The fourth-order valence-electron chi connectivity index (χ4n) is 1.94. The highest BCUT2D eigenvalue weighted by molar-refractivity contribution is 7.89. The molecule has 1 aliphatic heterocycles. The molecule has 2 N–H and O–H groups in total. The van der Waals surface area contributed by atoms with Crippen molar-refractivity contribution >= 4 is 10.0 Å². The molecule has 1 aromatic carbocycles. The van der Waals surface area contributed by atoms with Crippen molar-refractivity contribution in [3.63, 3.8) is 0 Å². The summed E-state index contributed by atoms with van der Waals surface area (Å²) in [7, 11) is -3.75. The molecule has 19 heavy (non-hydrogen) atoms. The van der Waals surface area contributed by atoms with E-state index in [1.165, 1.54) is 4.31 Å². The Kier molecular flexibility index (Phi) is 3.59. The summed E-state index contributed by atoms with van der Waals surface area (Å²) in [6, 6.07) is 3.26. The Labute approximate surface area is 109 Å². The number of hydrogen-bond acceptors (Lipinski definition) is 3. The lowest BCUT2D eigenvalue weighted by atomic mass is 10.2. The van der Waals surface area contributed by atoms with Crippen LogP contribution in [0.25, 0.3) is 0 Å². The molecule has 1 aromatic rings. The Balaban J connectivity index is 2.27. The molecule has 0 aromatic heterocycles. The van der Waals surface area contributed by atoms with E-state index in [0.29, 0.717) is 13.0 Å². The number of sulfonamides is 1. The smallest absolute Gasteiger partial charge is 0.326 e. The molecular weight excluding hydrogens is 281 g/mol. The predicted octanol–water partition coefficient (Wildman–Crippen LogP) is 1.43. The fourth-order valence-corrected chi connectivity index (χ4v) is 3.45. The molecule has 0 radical (unpaired) electrons. The van der Waals surface area contributed by atoms with Crippen LogP contribution >= 0.6 is 0 Å². The maximum Gasteiger partial charge on any atom is 0.416 e. The van der Waals surface area contributed by atoms with Crippen LogP contribution in [0.5, 0.6) is 0 Å². The van der Waals surface area contributed by atoms with Crippen LogP contribution in [0.15, 0.2) is 29.2 Å². The first-order chi connectivity index (χ1) is 8.71. The Morgan fingerprint density at radius 2 is 1.79 bits per heavy atom. The molecule has 0 aliphatic carbocycles. The van der Waals surface area contributed by atoms with E-state index in [1.807, 2.05) is 0 Å². The standard InChI is InChI=1S/C11H13F3N2O2S/c12-11(13,14)8-1-3-10(4-2-8)19(17,18)16-6-5-9(15)7-16/h1-4,9H,5-7,15H2. The lowest BCUT2D eigenvalue weighted by Gasteiger charge is -2.16. The summed E-state index contributed by atoms with van der Waals surface area (Å²) in [6.45, 7) is 0.494. The second-order valence-corrected chi connectivity index (χ2v) is 6.37. The number of alkyl halides is 3. The molecule has 1 fully saturated rings. The van der Waals surface area contributed by atoms with E-state index in [9.17, 15) is 21.6 Å². The van der Waals surface area contributed by atoms with Crippen LogP contribution < -0.4 is 5.73 Å². The van der Waals surface area contributed by atoms with E-state index in [1.54, 1.807) is 0 Å². The number of nitrogens with zero attached hydrogens (tertiary/aromatic N) is 1. The zero-order chi connectivity index (χ0) is 14.3. The topological polar surface area (TPSA) is 63.4 Å². The minimum Gasteiger partial charge on any atom is -0.326 e. The van der Waals surface area contributed by atoms with Gasteiger partial charge in [0.1, 0.15) is 0 Å². The SMILES string of the molecule is NC1CCN(S(=O)(=O)c2ccc(C(F)(F)F)cc2)C1. The molecule has 8 heteroatoms. The number of nitrogens with two attached hydrogens (primary N) is 1. The Morgan fingerprint density at radius 3 is 2.21 bits per heavy atom. The zero-order valence-corrected chi connectivity index (χ0v) is 10.7. The fraction of sp³-hybridized carbons (Fsp3) is 0.455. The van der Waals surface area contributed by atoms with Crippen molar-refractivity contribution < 1.29 is 21.6 Å². The summed E-state index contributed by atoms with van der Waals surface area (Å²) >= 11 is 0. The maximum atomic E-state index is 12.4. The molecule has 0 saturated carbocycles. The molecule has 0 spiro atoms. The lowest BCUT2D eigenvalue weighted by Crippen LogP contribution is -2.32. The van der Waals surface area contributed by atoms with Crippen LogP contribution in [-0.4, -0.2) is 31.9 Å². The van der Waals surface area contributed by atoms with Crippen LogP contribution in [0, 0.1) is 0 Å². The van der Waals surface area contributed by atoms with Gasteiger partial charge in [-0.1, -0.05) is 0 Å². The third-order valence-corrected chi connectivity index (χ3v) is 4.89. The van der Waals surface area contributed by atoms with Gasteiger partial charge in [-0.05, 0) is 30.7 Å². The molecule has 106 valence electrons. The average Bonchev–Trinajstić information content (AvgIpc) is 2.76. The van der Waals surface area contributed by atoms with Crippen molar-refractivity contribution in [2.75, 3.05) is 13.1 Å². The number of rotatable bonds is 2. The van der Waals surface area contributed by atoms with Crippen molar-refractivity contribution in [3.8, 4) is 0 Å². The largest absolute Gasteiger partial charge is 0.416 e. The first-order valence-corrected chi connectivity index (χ1v) is 7.08. The maximum absolute atomic E-state index is 12.4. The molecule has 0 amide bonds. The molecule has 0 bridgehead atoms. The van der Waals surface area contributed by atoms with Crippen LogP contribution in [0.2, 0.25) is 0 Å². The predicted molar refractivity (Wildman–Crippen MR) is 62.8 cm³/mol. The third-order valence-electron chi connectivity index (χ3n) is 3.01. The van der Waals surface area contributed by atoms with Gasteiger partial charge in [-0.3, -0.25) is 0 Å². The molecule has 2 rings (SSSR count). The molecule has 1 atom stereocenters. The number of halogens is 3. The van der Waals surface area contributed by atoms with Crippen LogP contribution in [-0.2, 0) is 16.2 Å². The zero-order valence-electron chi connectivity index (χ0n) is 9.89. The van der Waals surface area contributed by atoms with Gasteiger partial charge in [0.05, 0.1) is 10.5 Å². The first-order valence-electron chi connectivity index (χ1n) is 5.64. The van der Waals surface area contributed by atoms with Gasteiger partial charge in [0.15, 0.2) is 0 Å². The number of benzene rings is 1. The third kappa shape index (κ3) is 2.90. The summed E-state index contributed by atoms with van der Waals surface area (Å²) in [5.41, 5.74) is 4.76. The highest BCUT2D eigenvalue weighted by Crippen LogP contribution is 2.30. The second-order valence-electron chi connectivity index (χ2n) is 4.43. The molecule has 1 unspecified atom stereocenters. The van der Waals surface area contributed by atoms with E-state index in [0.717, 1.165) is 24.3 Å². The van der Waals surface area contributed by atoms with Crippen molar-refractivity contribution in [1.82, 2.24) is 4.31 Å². The molecule has 1 aliphatic rings. The average molecular weight is 294 g/mol. The Bertz CT molecular complexity index is 554. The van der Waals surface area contributed by atoms with Gasteiger partial charge in [-0.15, -0.1) is 0 Å². The lowest BCUT2D eigenvalue weighted by molar-refractivity contribution is -0.137. The van der Waals surface area contributed by atoms with Crippen molar-refractivity contribution in [1.29, 1.82) is 0 Å². The second kappa shape index (κ2) is 4.77. The van der Waals surface area contributed by atoms with Crippen molar-refractivity contribution in [3.05, 3.63) is 29.8 Å². The normalized spacial score (nSPS) is 21.8. The molecular formula is C11H13F3N2O2S. The van der Waals surface area contributed by atoms with Gasteiger partial charge in [0.2, 0.25) is 10.0 Å². The van der Waals surface area contributed by atoms with Crippen molar-refractivity contribution in [2.45, 2.75) is 23.5 Å². The van der Waals surface area contributed by atoms with Gasteiger partial charge in [0.25, 0.3) is 0 Å². The van der Waals surface area contributed by atoms with Gasteiger partial charge in [-0.2, -0.15) is 17.5 Å². The summed E-state index contributed by atoms with van der Waals surface area (Å²) in [5, 5.41) is 0. The quantitative estimate of drug-likeness (QED) is 0.897.